The molecule has 0 aromatic heterocycles. The van der Waals surface area contributed by atoms with Crippen molar-refractivity contribution < 1.29 is 23.9 Å². The van der Waals surface area contributed by atoms with E-state index in [2.05, 4.69) is 12.2 Å². The quantitative estimate of drug-likeness (QED) is 0.405. The lowest BCUT2D eigenvalue weighted by atomic mass is 9.72. The number of cyclic esters (lactones) is 1. The predicted molar refractivity (Wildman–Crippen MR) is 97.3 cm³/mol. The Hall–Kier alpha value is -1.59. The van der Waals surface area contributed by atoms with Crippen LogP contribution >= 0.6 is 0 Å². The fraction of sp³-hybridized carbons (Fsp3) is 0.850. The molecule has 1 saturated heterocycles. The third-order valence-corrected chi connectivity index (χ3v) is 5.85. The van der Waals surface area contributed by atoms with Crippen molar-refractivity contribution in [1.29, 1.82) is 0 Å². The van der Waals surface area contributed by atoms with E-state index >= 15 is 0 Å². The Labute approximate surface area is 156 Å². The number of hydrogen-bond acceptors (Lipinski definition) is 5. The van der Waals surface area contributed by atoms with Gasteiger partial charge in [-0.1, -0.05) is 52.4 Å². The Morgan fingerprint density at radius 3 is 2.50 bits per heavy atom. The molecule has 1 heterocycles. The van der Waals surface area contributed by atoms with Crippen molar-refractivity contribution >= 4 is 17.8 Å². The summed E-state index contributed by atoms with van der Waals surface area (Å²) in [5, 5.41) is 3.02. The number of amides is 1. The van der Waals surface area contributed by atoms with Crippen molar-refractivity contribution in [3.63, 3.8) is 0 Å². The highest BCUT2D eigenvalue weighted by Gasteiger charge is 2.62. The normalized spacial score (nSPS) is 29.3. The first kappa shape index (κ1) is 20.7. The van der Waals surface area contributed by atoms with Gasteiger partial charge in [0.2, 0.25) is 0 Å². The van der Waals surface area contributed by atoms with Gasteiger partial charge in [-0.3, -0.25) is 14.4 Å². The number of esters is 2. The minimum Gasteiger partial charge on any atom is -0.465 e. The summed E-state index contributed by atoms with van der Waals surface area (Å²) < 4.78 is 10.6. The molecule has 0 unspecified atom stereocenters. The molecule has 1 aliphatic heterocycles. The Morgan fingerprint density at radius 2 is 1.88 bits per heavy atom. The number of carbonyl (C=O) groups excluding carboxylic acids is 3. The van der Waals surface area contributed by atoms with Gasteiger partial charge in [0.1, 0.15) is 0 Å². The van der Waals surface area contributed by atoms with E-state index in [1.165, 1.54) is 6.42 Å². The van der Waals surface area contributed by atoms with E-state index in [-0.39, 0.29) is 18.6 Å². The fourth-order valence-electron chi connectivity index (χ4n) is 4.19. The Kier molecular flexibility index (Phi) is 7.47. The van der Waals surface area contributed by atoms with Crippen molar-refractivity contribution in [1.82, 2.24) is 5.32 Å². The van der Waals surface area contributed by atoms with E-state index in [4.69, 9.17) is 9.47 Å². The minimum atomic E-state index is -1.36. The number of rotatable bonds is 8. The van der Waals surface area contributed by atoms with Crippen molar-refractivity contribution in [2.24, 2.45) is 11.3 Å². The van der Waals surface area contributed by atoms with Gasteiger partial charge in [-0.05, 0) is 26.2 Å². The molecule has 0 bridgehead atoms. The topological polar surface area (TPSA) is 81.7 Å². The monoisotopic (exact) mass is 367 g/mol. The van der Waals surface area contributed by atoms with E-state index < -0.39 is 29.4 Å². The molecule has 6 nitrogen and oxygen atoms in total. The summed E-state index contributed by atoms with van der Waals surface area (Å²) in [5.41, 5.74) is -1.36. The minimum absolute atomic E-state index is 0.139. The second-order valence-corrected chi connectivity index (χ2v) is 7.61. The van der Waals surface area contributed by atoms with Crippen LogP contribution in [0.3, 0.4) is 0 Å². The highest BCUT2D eigenvalue weighted by Crippen LogP contribution is 2.45. The molecule has 2 aliphatic rings. The van der Waals surface area contributed by atoms with Gasteiger partial charge in [0.25, 0.3) is 5.91 Å². The molecule has 0 aromatic carbocycles. The first-order valence-corrected chi connectivity index (χ1v) is 10.2. The van der Waals surface area contributed by atoms with Crippen LogP contribution in [0.15, 0.2) is 0 Å². The van der Waals surface area contributed by atoms with Gasteiger partial charge < -0.3 is 14.8 Å². The molecule has 1 saturated carbocycles. The maximum atomic E-state index is 12.7. The number of carbonyl (C=O) groups is 3. The number of unbranched alkanes of at least 4 members (excludes halogenated alkanes) is 2. The van der Waals surface area contributed by atoms with Crippen LogP contribution < -0.4 is 5.32 Å². The highest BCUT2D eigenvalue weighted by atomic mass is 16.6. The largest absolute Gasteiger partial charge is 0.465 e. The van der Waals surface area contributed by atoms with Crippen LogP contribution in [0.25, 0.3) is 0 Å². The lowest BCUT2D eigenvalue weighted by Crippen LogP contribution is -2.47. The van der Waals surface area contributed by atoms with Gasteiger partial charge in [0.05, 0.1) is 6.61 Å². The molecule has 1 aliphatic carbocycles. The third kappa shape index (κ3) is 4.21. The Morgan fingerprint density at radius 1 is 1.19 bits per heavy atom. The van der Waals surface area contributed by atoms with E-state index in [1.54, 1.807) is 13.8 Å². The zero-order valence-electron chi connectivity index (χ0n) is 16.3. The average Bonchev–Trinajstić information content (AvgIpc) is 2.88. The van der Waals surface area contributed by atoms with Crippen molar-refractivity contribution in [2.45, 2.75) is 90.7 Å². The molecule has 6 heteroatoms. The first-order valence-electron chi connectivity index (χ1n) is 10.2. The molecule has 3 atom stereocenters. The standard InChI is InChI=1S/C20H33NO5/c1-4-6-10-13-20(18(23)25-5-2)14(3)16(26-19(20)24)17(22)21-15-11-8-7-9-12-15/h14-16H,4-13H2,1-3H3,(H,21,22)/t14-,16-,20-/m1/s1. The smallest absolute Gasteiger partial charge is 0.324 e. The van der Waals surface area contributed by atoms with E-state index in [9.17, 15) is 14.4 Å². The van der Waals surface area contributed by atoms with Crippen LogP contribution in [0.2, 0.25) is 0 Å². The van der Waals surface area contributed by atoms with Crippen LogP contribution in [0.4, 0.5) is 0 Å². The molecule has 148 valence electrons. The maximum Gasteiger partial charge on any atom is 0.324 e. The predicted octanol–water partition coefficient (Wildman–Crippen LogP) is 3.13. The van der Waals surface area contributed by atoms with Gasteiger partial charge in [-0.2, -0.15) is 0 Å². The summed E-state index contributed by atoms with van der Waals surface area (Å²) in [7, 11) is 0. The van der Waals surface area contributed by atoms with E-state index in [0.29, 0.717) is 6.42 Å². The molecule has 0 radical (unpaired) electrons. The van der Waals surface area contributed by atoms with Gasteiger partial charge in [0.15, 0.2) is 11.5 Å². The zero-order chi connectivity index (χ0) is 19.2. The van der Waals surface area contributed by atoms with Crippen LogP contribution in [0.5, 0.6) is 0 Å². The molecule has 1 amide bonds. The molecule has 26 heavy (non-hydrogen) atoms. The molecular formula is C20H33NO5. The van der Waals surface area contributed by atoms with Gasteiger partial charge >= 0.3 is 11.9 Å². The maximum absolute atomic E-state index is 12.7. The van der Waals surface area contributed by atoms with Crippen molar-refractivity contribution in [2.75, 3.05) is 6.61 Å². The fourth-order valence-corrected chi connectivity index (χ4v) is 4.19. The molecular weight excluding hydrogens is 334 g/mol. The second kappa shape index (κ2) is 9.38. The summed E-state index contributed by atoms with van der Waals surface area (Å²) in [6.07, 6.45) is 7.40. The number of hydrogen-bond donors (Lipinski definition) is 1. The number of nitrogens with one attached hydrogen (secondary N) is 1. The Balaban J connectivity index is 2.14. The summed E-state index contributed by atoms with van der Waals surface area (Å²) >= 11 is 0. The van der Waals surface area contributed by atoms with Crippen molar-refractivity contribution in [3.8, 4) is 0 Å². The molecule has 1 N–H and O–H groups in total. The zero-order valence-corrected chi connectivity index (χ0v) is 16.3. The molecule has 2 rings (SSSR count). The number of ether oxygens (including phenoxy) is 2. The lowest BCUT2D eigenvalue weighted by molar-refractivity contribution is -0.167. The van der Waals surface area contributed by atoms with Crippen LogP contribution in [-0.4, -0.2) is 36.6 Å². The van der Waals surface area contributed by atoms with Crippen LogP contribution in [0.1, 0.15) is 78.6 Å². The lowest BCUT2D eigenvalue weighted by Gasteiger charge is -2.28. The van der Waals surface area contributed by atoms with Gasteiger partial charge in [-0.15, -0.1) is 0 Å². The SMILES string of the molecule is CCCCC[C@@]1(C(=O)OCC)C(=O)O[C@@H](C(=O)NC2CCCCC2)[C@H]1C. The van der Waals surface area contributed by atoms with Crippen molar-refractivity contribution in [3.05, 3.63) is 0 Å². The van der Waals surface area contributed by atoms with Crippen LogP contribution in [0, 0.1) is 11.3 Å². The van der Waals surface area contributed by atoms with Gasteiger partial charge in [-0.25, -0.2) is 0 Å². The Bertz CT molecular complexity index is 514. The highest BCUT2D eigenvalue weighted by molar-refractivity contribution is 6.04. The van der Waals surface area contributed by atoms with Crippen LogP contribution in [-0.2, 0) is 23.9 Å². The molecule has 0 spiro atoms. The summed E-state index contributed by atoms with van der Waals surface area (Å²) in [5.74, 6) is -1.97. The van der Waals surface area contributed by atoms with E-state index in [0.717, 1.165) is 44.9 Å². The summed E-state index contributed by atoms with van der Waals surface area (Å²) in [4.78, 5) is 38.1. The van der Waals surface area contributed by atoms with E-state index in [1.807, 2.05) is 0 Å². The molecule has 0 aromatic rings. The first-order chi connectivity index (χ1) is 12.5. The third-order valence-electron chi connectivity index (χ3n) is 5.85. The summed E-state index contributed by atoms with van der Waals surface area (Å²) in [6.45, 7) is 5.75. The van der Waals surface area contributed by atoms with Gasteiger partial charge in [0, 0.05) is 12.0 Å². The summed E-state index contributed by atoms with van der Waals surface area (Å²) in [6, 6.07) is 0.139. The average molecular weight is 367 g/mol. The molecule has 2 fully saturated rings. The second-order valence-electron chi connectivity index (χ2n) is 7.61.